The summed E-state index contributed by atoms with van der Waals surface area (Å²) < 4.78 is 10.4. The summed E-state index contributed by atoms with van der Waals surface area (Å²) in [6.45, 7) is 1.87. The van der Waals surface area contributed by atoms with Gasteiger partial charge < -0.3 is 14.5 Å². The second kappa shape index (κ2) is 4.49. The number of hydrogen-bond donors (Lipinski definition) is 1. The van der Waals surface area contributed by atoms with Crippen molar-refractivity contribution in [2.24, 2.45) is 0 Å². The van der Waals surface area contributed by atoms with Gasteiger partial charge in [-0.15, -0.1) is 0 Å². The number of carbonyl (C=O) groups excluding carboxylic acids is 1. The number of ether oxygens (including phenoxy) is 2. The Labute approximate surface area is 122 Å². The molecule has 1 saturated heterocycles. The van der Waals surface area contributed by atoms with Crippen molar-refractivity contribution in [3.63, 3.8) is 0 Å². The van der Waals surface area contributed by atoms with Crippen molar-refractivity contribution in [2.75, 3.05) is 27.3 Å². The number of esters is 1. The number of fused-ring (bicyclic) bond motifs is 6. The molecule has 0 aliphatic carbocycles. The van der Waals surface area contributed by atoms with E-state index in [0.29, 0.717) is 5.92 Å². The van der Waals surface area contributed by atoms with Gasteiger partial charge in [-0.1, -0.05) is 0 Å². The maximum atomic E-state index is 12.2. The van der Waals surface area contributed by atoms with E-state index >= 15 is 0 Å². The molecule has 0 amide bonds. The molecule has 2 aliphatic heterocycles. The number of aromatic amines is 1. The van der Waals surface area contributed by atoms with E-state index < -0.39 is 0 Å². The number of nitrogens with one attached hydrogen (secondary N) is 1. The third-order valence-corrected chi connectivity index (χ3v) is 4.77. The van der Waals surface area contributed by atoms with Crippen LogP contribution in [0.2, 0.25) is 0 Å². The van der Waals surface area contributed by atoms with Crippen LogP contribution < -0.4 is 4.74 Å². The van der Waals surface area contributed by atoms with Crippen molar-refractivity contribution >= 4 is 16.9 Å². The van der Waals surface area contributed by atoms with Crippen LogP contribution in [-0.4, -0.2) is 43.2 Å². The van der Waals surface area contributed by atoms with Gasteiger partial charge in [0.25, 0.3) is 0 Å². The molecule has 3 atom stereocenters. The first-order valence-corrected chi connectivity index (χ1v) is 7.24. The number of hydrogen-bond acceptors (Lipinski definition) is 4. The summed E-state index contributed by atoms with van der Waals surface area (Å²) in [5, 5.41) is 1.17. The van der Waals surface area contributed by atoms with Crippen molar-refractivity contribution in [3.8, 4) is 5.75 Å². The zero-order valence-corrected chi connectivity index (χ0v) is 12.2. The van der Waals surface area contributed by atoms with Gasteiger partial charge in [-0.3, -0.25) is 4.90 Å². The lowest BCUT2D eigenvalue weighted by Gasteiger charge is -2.30. The van der Waals surface area contributed by atoms with Crippen LogP contribution >= 0.6 is 0 Å². The molecular weight excluding hydrogens is 268 g/mol. The van der Waals surface area contributed by atoms with Gasteiger partial charge >= 0.3 is 5.97 Å². The van der Waals surface area contributed by atoms with E-state index in [1.54, 1.807) is 7.11 Å². The van der Waals surface area contributed by atoms with E-state index in [2.05, 4.69) is 16.0 Å². The average molecular weight is 286 g/mol. The molecule has 5 nitrogen and oxygen atoms in total. The molecule has 1 aromatic heterocycles. The fourth-order valence-corrected chi connectivity index (χ4v) is 3.81. The van der Waals surface area contributed by atoms with Crippen LogP contribution in [0.25, 0.3) is 10.9 Å². The van der Waals surface area contributed by atoms with Crippen LogP contribution in [0.15, 0.2) is 18.2 Å². The molecule has 3 unspecified atom stereocenters. The van der Waals surface area contributed by atoms with Crippen molar-refractivity contribution in [3.05, 3.63) is 29.5 Å². The van der Waals surface area contributed by atoms with Gasteiger partial charge in [0.05, 0.1) is 14.2 Å². The second-order valence-corrected chi connectivity index (χ2v) is 5.77. The largest absolute Gasteiger partial charge is 0.497 e. The van der Waals surface area contributed by atoms with Gasteiger partial charge in [0, 0.05) is 29.1 Å². The Morgan fingerprint density at radius 2 is 2.24 bits per heavy atom. The first-order valence-electron chi connectivity index (χ1n) is 7.24. The zero-order chi connectivity index (χ0) is 14.6. The zero-order valence-electron chi connectivity index (χ0n) is 12.2. The minimum atomic E-state index is -0.304. The Kier molecular flexibility index (Phi) is 2.72. The number of aromatic nitrogens is 1. The number of nitrogens with zero attached hydrogens (tertiary/aromatic N) is 1. The molecule has 21 heavy (non-hydrogen) atoms. The molecule has 1 N–H and O–H groups in total. The molecule has 4 rings (SSSR count). The molecule has 1 fully saturated rings. The first-order chi connectivity index (χ1) is 10.2. The molecule has 0 spiro atoms. The Bertz CT molecular complexity index is 722. The molecule has 3 heterocycles. The minimum Gasteiger partial charge on any atom is -0.497 e. The summed E-state index contributed by atoms with van der Waals surface area (Å²) in [6.07, 6.45) is 1.09. The molecule has 5 heteroatoms. The number of methoxy groups -OCH3 is 2. The normalized spacial score (nSPS) is 26.7. The van der Waals surface area contributed by atoms with E-state index in [1.165, 1.54) is 18.1 Å². The standard InChI is InChI=1S/C16H18N2O3/c1-20-10-3-4-12-11(7-10)13-9-5-6-18(8-9)15(14(13)17-12)16(19)21-2/h3-4,7,9,15,17H,5-6,8H2,1-2H3. The van der Waals surface area contributed by atoms with Crippen LogP contribution in [-0.2, 0) is 9.53 Å². The lowest BCUT2D eigenvalue weighted by atomic mass is 9.90. The second-order valence-electron chi connectivity index (χ2n) is 5.77. The fourth-order valence-electron chi connectivity index (χ4n) is 3.81. The van der Waals surface area contributed by atoms with E-state index in [0.717, 1.165) is 36.5 Å². The average Bonchev–Trinajstić information content (AvgIpc) is 3.09. The molecule has 2 aromatic rings. The Balaban J connectivity index is 1.95. The Morgan fingerprint density at radius 3 is 3.00 bits per heavy atom. The fraction of sp³-hybridized carbons (Fsp3) is 0.438. The van der Waals surface area contributed by atoms with Gasteiger partial charge in [0.1, 0.15) is 11.8 Å². The minimum absolute atomic E-state index is 0.185. The lowest BCUT2D eigenvalue weighted by molar-refractivity contribution is -0.147. The smallest absolute Gasteiger partial charge is 0.329 e. The monoisotopic (exact) mass is 286 g/mol. The van der Waals surface area contributed by atoms with E-state index in [1.807, 2.05) is 12.1 Å². The highest BCUT2D eigenvalue weighted by atomic mass is 16.5. The summed E-state index contributed by atoms with van der Waals surface area (Å²) in [5.41, 5.74) is 3.33. The van der Waals surface area contributed by atoms with E-state index in [4.69, 9.17) is 9.47 Å². The Morgan fingerprint density at radius 1 is 1.38 bits per heavy atom. The first kappa shape index (κ1) is 12.7. The molecule has 2 bridgehead atoms. The van der Waals surface area contributed by atoms with Crippen molar-refractivity contribution in [1.82, 2.24) is 9.88 Å². The highest BCUT2D eigenvalue weighted by molar-refractivity contribution is 5.90. The van der Waals surface area contributed by atoms with Crippen LogP contribution in [0, 0.1) is 0 Å². The van der Waals surface area contributed by atoms with Crippen LogP contribution in [0.4, 0.5) is 0 Å². The third-order valence-electron chi connectivity index (χ3n) is 4.77. The maximum absolute atomic E-state index is 12.2. The van der Waals surface area contributed by atoms with Gasteiger partial charge in [-0.05, 0) is 36.7 Å². The van der Waals surface area contributed by atoms with Crippen LogP contribution in [0.5, 0.6) is 5.75 Å². The summed E-state index contributed by atoms with van der Waals surface area (Å²) >= 11 is 0. The van der Waals surface area contributed by atoms with E-state index in [9.17, 15) is 4.79 Å². The lowest BCUT2D eigenvalue weighted by Crippen LogP contribution is -2.36. The third kappa shape index (κ3) is 1.70. The number of rotatable bonds is 2. The maximum Gasteiger partial charge on any atom is 0.329 e. The number of carbonyl (C=O) groups is 1. The van der Waals surface area contributed by atoms with Crippen molar-refractivity contribution in [1.29, 1.82) is 0 Å². The molecule has 2 aliphatic rings. The van der Waals surface area contributed by atoms with Gasteiger partial charge in [0.15, 0.2) is 0 Å². The van der Waals surface area contributed by atoms with Crippen LogP contribution in [0.3, 0.4) is 0 Å². The van der Waals surface area contributed by atoms with Gasteiger partial charge in [-0.25, -0.2) is 4.79 Å². The van der Waals surface area contributed by atoms with E-state index in [-0.39, 0.29) is 12.0 Å². The highest BCUT2D eigenvalue weighted by Gasteiger charge is 2.44. The predicted molar refractivity (Wildman–Crippen MR) is 78.5 cm³/mol. The summed E-state index contributed by atoms with van der Waals surface area (Å²) in [7, 11) is 3.13. The molecule has 110 valence electrons. The molecule has 1 aromatic carbocycles. The quantitative estimate of drug-likeness (QED) is 0.860. The summed E-state index contributed by atoms with van der Waals surface area (Å²) in [6, 6.07) is 5.72. The van der Waals surface area contributed by atoms with Gasteiger partial charge in [-0.2, -0.15) is 0 Å². The molecule has 0 radical (unpaired) electrons. The predicted octanol–water partition coefficient (Wildman–Crippen LogP) is 2.19. The highest BCUT2D eigenvalue weighted by Crippen LogP contribution is 2.46. The molecule has 0 saturated carbocycles. The SMILES string of the molecule is COC(=O)C1c2[nH]c3ccc(OC)cc3c2C2CCN1C2. The topological polar surface area (TPSA) is 54.6 Å². The number of benzene rings is 1. The van der Waals surface area contributed by atoms with Gasteiger partial charge in [0.2, 0.25) is 0 Å². The number of H-pyrrole nitrogens is 1. The van der Waals surface area contributed by atoms with Crippen molar-refractivity contribution < 1.29 is 14.3 Å². The van der Waals surface area contributed by atoms with Crippen LogP contribution in [0.1, 0.15) is 29.6 Å². The Hall–Kier alpha value is -2.01. The summed E-state index contributed by atoms with van der Waals surface area (Å²) in [5.74, 6) is 1.15. The molecular formula is C16H18N2O3. The van der Waals surface area contributed by atoms with Crippen molar-refractivity contribution in [2.45, 2.75) is 18.4 Å². The summed E-state index contributed by atoms with van der Waals surface area (Å²) in [4.78, 5) is 17.9.